The molecule has 0 saturated carbocycles. The van der Waals surface area contributed by atoms with E-state index >= 15 is 0 Å². The molecule has 0 unspecified atom stereocenters. The Morgan fingerprint density at radius 1 is 1.28 bits per heavy atom. The van der Waals surface area contributed by atoms with Gasteiger partial charge in [0.05, 0.1) is 12.0 Å². The van der Waals surface area contributed by atoms with E-state index in [1.54, 1.807) is 23.1 Å². The van der Waals surface area contributed by atoms with Crippen LogP contribution < -0.4 is 10.6 Å². The van der Waals surface area contributed by atoms with E-state index in [1.807, 2.05) is 37.3 Å². The molecule has 0 aliphatic heterocycles. The number of amides is 2. The first-order valence-electron chi connectivity index (χ1n) is 8.04. The average Bonchev–Trinajstić information content (AvgIpc) is 3.25. The number of furan rings is 1. The molecule has 0 aliphatic carbocycles. The number of nitrogens with one attached hydrogen (secondary N) is 2. The highest BCUT2D eigenvalue weighted by Gasteiger charge is 2.15. The van der Waals surface area contributed by atoms with E-state index in [0.717, 1.165) is 11.3 Å². The molecule has 0 fully saturated rings. The van der Waals surface area contributed by atoms with Gasteiger partial charge in [0.2, 0.25) is 0 Å². The first-order chi connectivity index (χ1) is 12.2. The van der Waals surface area contributed by atoms with Crippen molar-refractivity contribution < 1.29 is 14.3 Å². The van der Waals surface area contributed by atoms with Crippen LogP contribution in [0.5, 0.6) is 0 Å². The van der Waals surface area contributed by atoms with Crippen LogP contribution in [0.25, 0.3) is 17.1 Å². The number of carbonyl (C=O) groups excluding carboxylic acids is 1. The van der Waals surface area contributed by atoms with E-state index in [9.17, 15) is 4.79 Å². The fourth-order valence-corrected chi connectivity index (χ4v) is 2.34. The average molecular weight is 340 g/mol. The van der Waals surface area contributed by atoms with Gasteiger partial charge in [0, 0.05) is 19.2 Å². The number of aliphatic hydroxyl groups excluding tert-OH is 1. The molecule has 25 heavy (non-hydrogen) atoms. The number of nitrogens with zero attached hydrogens (tertiary/aromatic N) is 2. The minimum absolute atomic E-state index is 0.0320. The van der Waals surface area contributed by atoms with Crippen molar-refractivity contribution in [3.05, 3.63) is 54.3 Å². The zero-order chi connectivity index (χ0) is 17.6. The maximum atomic E-state index is 12.1. The molecule has 3 aromatic rings. The summed E-state index contributed by atoms with van der Waals surface area (Å²) < 4.78 is 7.05. The SMILES string of the molecule is Cc1ccc(-n2nc(-c3ccco3)cc2NC(=O)NCCCO)cc1. The van der Waals surface area contributed by atoms with E-state index in [4.69, 9.17) is 9.52 Å². The summed E-state index contributed by atoms with van der Waals surface area (Å²) in [6, 6.07) is 12.8. The number of hydrogen-bond acceptors (Lipinski definition) is 4. The standard InChI is InChI=1S/C18H20N4O3/c1-13-5-7-14(8-6-13)22-17(20-18(24)19-9-3-10-23)12-15(21-22)16-4-2-11-25-16/h2,4-8,11-12,23H,3,9-10H2,1H3,(H2,19,20,24). The Hall–Kier alpha value is -3.06. The Kier molecular flexibility index (Phi) is 5.15. The fraction of sp³-hybridized carbons (Fsp3) is 0.222. The molecular formula is C18H20N4O3. The summed E-state index contributed by atoms with van der Waals surface area (Å²) in [5.41, 5.74) is 2.59. The molecule has 0 atom stereocenters. The first kappa shape index (κ1) is 16.8. The topological polar surface area (TPSA) is 92.3 Å². The number of rotatable bonds is 6. The van der Waals surface area contributed by atoms with E-state index in [-0.39, 0.29) is 12.6 Å². The molecule has 130 valence electrons. The molecule has 0 radical (unpaired) electrons. The van der Waals surface area contributed by atoms with E-state index in [1.165, 1.54) is 0 Å². The number of hydrogen-bond donors (Lipinski definition) is 3. The van der Waals surface area contributed by atoms with E-state index in [0.29, 0.717) is 30.2 Å². The molecule has 1 aromatic carbocycles. The van der Waals surface area contributed by atoms with Gasteiger partial charge in [0.15, 0.2) is 5.76 Å². The largest absolute Gasteiger partial charge is 0.463 e. The molecule has 7 nitrogen and oxygen atoms in total. The van der Waals surface area contributed by atoms with Crippen LogP contribution in [0.3, 0.4) is 0 Å². The zero-order valence-corrected chi connectivity index (χ0v) is 13.9. The molecule has 2 heterocycles. The molecule has 0 aliphatic rings. The summed E-state index contributed by atoms with van der Waals surface area (Å²) in [6.45, 7) is 2.44. The number of benzene rings is 1. The highest BCUT2D eigenvalue weighted by molar-refractivity contribution is 5.89. The van der Waals surface area contributed by atoms with Crippen molar-refractivity contribution in [2.24, 2.45) is 0 Å². The van der Waals surface area contributed by atoms with E-state index < -0.39 is 0 Å². The van der Waals surface area contributed by atoms with Crippen molar-refractivity contribution in [1.29, 1.82) is 0 Å². The second-order valence-corrected chi connectivity index (χ2v) is 5.60. The third-order valence-corrected chi connectivity index (χ3v) is 3.62. The van der Waals surface area contributed by atoms with E-state index in [2.05, 4.69) is 15.7 Å². The maximum Gasteiger partial charge on any atom is 0.320 e. The van der Waals surface area contributed by atoms with Crippen LogP contribution in [-0.2, 0) is 0 Å². The van der Waals surface area contributed by atoms with Crippen molar-refractivity contribution in [1.82, 2.24) is 15.1 Å². The molecule has 2 aromatic heterocycles. The van der Waals surface area contributed by atoms with Crippen LogP contribution in [0, 0.1) is 6.92 Å². The second kappa shape index (κ2) is 7.67. The first-order valence-corrected chi connectivity index (χ1v) is 8.04. The van der Waals surface area contributed by atoms with Crippen LogP contribution in [0.2, 0.25) is 0 Å². The number of anilines is 1. The monoisotopic (exact) mass is 340 g/mol. The van der Waals surface area contributed by atoms with Crippen LogP contribution in [0.1, 0.15) is 12.0 Å². The smallest absolute Gasteiger partial charge is 0.320 e. The van der Waals surface area contributed by atoms with Gasteiger partial charge in [0.25, 0.3) is 0 Å². The quantitative estimate of drug-likeness (QED) is 0.602. The Morgan fingerprint density at radius 3 is 2.76 bits per heavy atom. The molecule has 3 N–H and O–H groups in total. The Morgan fingerprint density at radius 2 is 2.08 bits per heavy atom. The number of aromatic nitrogens is 2. The van der Waals surface area contributed by atoms with Gasteiger partial charge >= 0.3 is 6.03 Å². The number of urea groups is 1. The number of carbonyl (C=O) groups is 1. The summed E-state index contributed by atoms with van der Waals surface area (Å²) in [4.78, 5) is 12.1. The number of aryl methyl sites for hydroxylation is 1. The van der Waals surface area contributed by atoms with Crippen molar-refractivity contribution in [3.8, 4) is 17.1 Å². The molecular weight excluding hydrogens is 320 g/mol. The number of aliphatic hydroxyl groups is 1. The summed E-state index contributed by atoms with van der Waals surface area (Å²) in [6.07, 6.45) is 2.08. The predicted octanol–water partition coefficient (Wildman–Crippen LogP) is 2.94. The molecule has 0 saturated heterocycles. The highest BCUT2D eigenvalue weighted by atomic mass is 16.3. The second-order valence-electron chi connectivity index (χ2n) is 5.60. The van der Waals surface area contributed by atoms with Crippen molar-refractivity contribution >= 4 is 11.8 Å². The normalized spacial score (nSPS) is 10.6. The Labute approximate surface area is 145 Å². The van der Waals surface area contributed by atoms with Gasteiger partial charge in [-0.1, -0.05) is 17.7 Å². The zero-order valence-electron chi connectivity index (χ0n) is 13.9. The molecule has 2 amide bonds. The van der Waals surface area contributed by atoms with Gasteiger partial charge in [-0.25, -0.2) is 9.48 Å². The lowest BCUT2D eigenvalue weighted by Gasteiger charge is -2.10. The van der Waals surface area contributed by atoms with Gasteiger partial charge in [-0.15, -0.1) is 0 Å². The summed E-state index contributed by atoms with van der Waals surface area (Å²) >= 11 is 0. The van der Waals surface area contributed by atoms with Crippen molar-refractivity contribution in [2.45, 2.75) is 13.3 Å². The van der Waals surface area contributed by atoms with Gasteiger partial charge in [-0.05, 0) is 37.6 Å². The molecule has 7 heteroatoms. The van der Waals surface area contributed by atoms with Gasteiger partial charge in [-0.2, -0.15) is 5.10 Å². The summed E-state index contributed by atoms with van der Waals surface area (Å²) in [5.74, 6) is 1.14. The van der Waals surface area contributed by atoms with Gasteiger partial charge in [0.1, 0.15) is 11.5 Å². The van der Waals surface area contributed by atoms with Gasteiger partial charge in [-0.3, -0.25) is 5.32 Å². The van der Waals surface area contributed by atoms with Crippen LogP contribution in [0.15, 0.2) is 53.1 Å². The highest BCUT2D eigenvalue weighted by Crippen LogP contribution is 2.25. The summed E-state index contributed by atoms with van der Waals surface area (Å²) in [5, 5.41) is 18.8. The predicted molar refractivity (Wildman–Crippen MR) is 94.7 cm³/mol. The third kappa shape index (κ3) is 4.07. The van der Waals surface area contributed by atoms with Gasteiger partial charge < -0.3 is 14.8 Å². The Balaban J connectivity index is 1.89. The summed E-state index contributed by atoms with van der Waals surface area (Å²) in [7, 11) is 0. The van der Waals surface area contributed by atoms with Crippen LogP contribution in [0.4, 0.5) is 10.6 Å². The lowest BCUT2D eigenvalue weighted by molar-refractivity contribution is 0.248. The van der Waals surface area contributed by atoms with Crippen molar-refractivity contribution in [2.75, 3.05) is 18.5 Å². The minimum atomic E-state index is -0.354. The van der Waals surface area contributed by atoms with Crippen LogP contribution >= 0.6 is 0 Å². The van der Waals surface area contributed by atoms with Crippen LogP contribution in [-0.4, -0.2) is 34.1 Å². The molecule has 0 spiro atoms. The molecule has 0 bridgehead atoms. The third-order valence-electron chi connectivity index (χ3n) is 3.62. The fourth-order valence-electron chi connectivity index (χ4n) is 2.34. The van der Waals surface area contributed by atoms with Crippen molar-refractivity contribution in [3.63, 3.8) is 0 Å². The maximum absolute atomic E-state index is 12.1. The Bertz CT molecular complexity index is 823. The lowest BCUT2D eigenvalue weighted by Crippen LogP contribution is -2.30. The lowest BCUT2D eigenvalue weighted by atomic mass is 10.2. The molecule has 3 rings (SSSR count). The minimum Gasteiger partial charge on any atom is -0.463 e.